The topological polar surface area (TPSA) is 59.3 Å². The summed E-state index contributed by atoms with van der Waals surface area (Å²) in [7, 11) is 0. The fourth-order valence-electron chi connectivity index (χ4n) is 2.61. The molecule has 4 nitrogen and oxygen atoms in total. The molecule has 0 unspecified atom stereocenters. The van der Waals surface area contributed by atoms with Crippen LogP contribution in [0.5, 0.6) is 0 Å². The second-order valence-electron chi connectivity index (χ2n) is 5.29. The number of para-hydroxylation sites is 1. The lowest BCUT2D eigenvalue weighted by atomic mass is 10.0. The van der Waals surface area contributed by atoms with Crippen LogP contribution in [-0.4, -0.2) is 12.5 Å². The molecule has 1 aromatic heterocycles. The minimum absolute atomic E-state index is 0.115. The van der Waals surface area contributed by atoms with Gasteiger partial charge in [-0.1, -0.05) is 36.4 Å². The molecule has 0 aliphatic heterocycles. The first-order valence-electron chi connectivity index (χ1n) is 7.53. The molecule has 0 saturated heterocycles. The normalized spacial score (nSPS) is 10.7. The minimum Gasteiger partial charge on any atom is -0.455 e. The van der Waals surface area contributed by atoms with Crippen LogP contribution in [0.15, 0.2) is 57.7 Å². The summed E-state index contributed by atoms with van der Waals surface area (Å²) >= 11 is 0. The van der Waals surface area contributed by atoms with Gasteiger partial charge in [0.1, 0.15) is 5.76 Å². The zero-order valence-electron chi connectivity index (χ0n) is 13.1. The molecule has 3 aromatic rings. The second kappa shape index (κ2) is 6.08. The maximum atomic E-state index is 12.7. The van der Waals surface area contributed by atoms with Crippen molar-refractivity contribution >= 4 is 16.9 Å². The summed E-state index contributed by atoms with van der Waals surface area (Å²) in [4.78, 5) is 24.9. The highest BCUT2D eigenvalue weighted by atomic mass is 16.3. The Hall–Kier alpha value is -2.88. The first-order valence-corrected chi connectivity index (χ1v) is 7.53. The summed E-state index contributed by atoms with van der Waals surface area (Å²) in [5.41, 5.74) is 1.94. The highest BCUT2D eigenvalue weighted by Crippen LogP contribution is 2.27. The van der Waals surface area contributed by atoms with Gasteiger partial charge in [0.25, 0.3) is 5.91 Å². The van der Waals surface area contributed by atoms with E-state index >= 15 is 0 Å². The molecule has 0 aliphatic rings. The Bertz CT molecular complexity index is 926. The van der Waals surface area contributed by atoms with Gasteiger partial charge < -0.3 is 9.73 Å². The number of carbonyl (C=O) groups is 1. The van der Waals surface area contributed by atoms with Gasteiger partial charge in [-0.2, -0.15) is 0 Å². The Kier molecular flexibility index (Phi) is 3.98. The van der Waals surface area contributed by atoms with E-state index in [-0.39, 0.29) is 11.3 Å². The van der Waals surface area contributed by atoms with Crippen LogP contribution in [0.3, 0.4) is 0 Å². The van der Waals surface area contributed by atoms with Crippen molar-refractivity contribution in [1.29, 1.82) is 0 Å². The Morgan fingerprint density at radius 2 is 1.83 bits per heavy atom. The number of hydrogen-bond donors (Lipinski definition) is 1. The predicted octanol–water partition coefficient (Wildman–Crippen LogP) is 3.52. The van der Waals surface area contributed by atoms with Gasteiger partial charge in [0, 0.05) is 17.7 Å². The van der Waals surface area contributed by atoms with Gasteiger partial charge in [0.05, 0.1) is 10.9 Å². The molecule has 0 saturated carbocycles. The van der Waals surface area contributed by atoms with E-state index in [4.69, 9.17) is 4.42 Å². The van der Waals surface area contributed by atoms with Gasteiger partial charge in [0.15, 0.2) is 11.0 Å². The Balaban J connectivity index is 2.33. The summed E-state index contributed by atoms with van der Waals surface area (Å²) in [6.07, 6.45) is 0. The lowest BCUT2D eigenvalue weighted by Crippen LogP contribution is -2.23. The highest BCUT2D eigenvalue weighted by Gasteiger charge is 2.17. The monoisotopic (exact) mass is 307 g/mol. The smallest absolute Gasteiger partial charge is 0.255 e. The Labute approximate surface area is 133 Å². The first-order chi connectivity index (χ1) is 11.1. The second-order valence-corrected chi connectivity index (χ2v) is 5.29. The largest absolute Gasteiger partial charge is 0.455 e. The number of rotatable bonds is 3. The molecule has 0 bridgehead atoms. The molecule has 0 atom stereocenters. The van der Waals surface area contributed by atoms with E-state index in [9.17, 15) is 9.59 Å². The van der Waals surface area contributed by atoms with Crippen molar-refractivity contribution < 1.29 is 9.21 Å². The number of amides is 1. The molecule has 4 heteroatoms. The van der Waals surface area contributed by atoms with E-state index in [0.717, 1.165) is 5.56 Å². The number of carbonyl (C=O) groups excluding carboxylic acids is 1. The minimum atomic E-state index is -0.246. The van der Waals surface area contributed by atoms with Crippen LogP contribution in [0.2, 0.25) is 0 Å². The summed E-state index contributed by atoms with van der Waals surface area (Å²) < 4.78 is 6.00. The van der Waals surface area contributed by atoms with Gasteiger partial charge in [-0.3, -0.25) is 9.59 Å². The average Bonchev–Trinajstić information content (AvgIpc) is 2.58. The van der Waals surface area contributed by atoms with Crippen LogP contribution >= 0.6 is 0 Å². The van der Waals surface area contributed by atoms with Gasteiger partial charge >= 0.3 is 0 Å². The molecule has 2 aromatic carbocycles. The zero-order valence-corrected chi connectivity index (χ0v) is 13.1. The number of nitrogens with one attached hydrogen (secondary N) is 1. The summed E-state index contributed by atoms with van der Waals surface area (Å²) in [6, 6.07) is 14.5. The molecule has 3 rings (SSSR count). The molecule has 0 fully saturated rings. The highest BCUT2D eigenvalue weighted by molar-refractivity contribution is 6.05. The lowest BCUT2D eigenvalue weighted by Gasteiger charge is -2.10. The van der Waals surface area contributed by atoms with Gasteiger partial charge in [0.2, 0.25) is 0 Å². The average molecular weight is 307 g/mol. The quantitative estimate of drug-likeness (QED) is 0.805. The van der Waals surface area contributed by atoms with E-state index in [1.54, 1.807) is 25.1 Å². The maximum absolute atomic E-state index is 12.7. The molecule has 0 radical (unpaired) electrons. The van der Waals surface area contributed by atoms with E-state index in [1.807, 2.05) is 37.3 Å². The summed E-state index contributed by atoms with van der Waals surface area (Å²) in [5.74, 6) is 0.254. The third kappa shape index (κ3) is 2.63. The fourth-order valence-corrected chi connectivity index (χ4v) is 2.61. The third-order valence-corrected chi connectivity index (χ3v) is 3.76. The van der Waals surface area contributed by atoms with Crippen LogP contribution in [0.25, 0.3) is 22.3 Å². The zero-order chi connectivity index (χ0) is 16.4. The SMILES string of the molecule is CCNC(=O)c1cccc2c(=O)c(C)c(-c3ccccc3)oc12. The molecule has 1 amide bonds. The molecular weight excluding hydrogens is 290 g/mol. The summed E-state index contributed by atoms with van der Waals surface area (Å²) in [5, 5.41) is 3.17. The first kappa shape index (κ1) is 15.0. The van der Waals surface area contributed by atoms with Crippen molar-refractivity contribution in [1.82, 2.24) is 5.32 Å². The summed E-state index contributed by atoms with van der Waals surface area (Å²) in [6.45, 7) is 4.10. The van der Waals surface area contributed by atoms with Crippen molar-refractivity contribution in [3.05, 3.63) is 69.9 Å². The van der Waals surface area contributed by atoms with Crippen LogP contribution in [0, 0.1) is 6.92 Å². The van der Waals surface area contributed by atoms with E-state index < -0.39 is 0 Å². The number of benzene rings is 2. The van der Waals surface area contributed by atoms with Gasteiger partial charge in [-0.15, -0.1) is 0 Å². The van der Waals surface area contributed by atoms with E-state index in [2.05, 4.69) is 5.32 Å². The lowest BCUT2D eigenvalue weighted by molar-refractivity contribution is 0.0956. The number of hydrogen-bond acceptors (Lipinski definition) is 3. The van der Waals surface area contributed by atoms with Crippen molar-refractivity contribution in [2.24, 2.45) is 0 Å². The van der Waals surface area contributed by atoms with Crippen molar-refractivity contribution in [2.75, 3.05) is 6.54 Å². The molecule has 0 aliphatic carbocycles. The van der Waals surface area contributed by atoms with E-state index in [1.165, 1.54) is 0 Å². The van der Waals surface area contributed by atoms with Crippen LogP contribution < -0.4 is 10.7 Å². The molecule has 23 heavy (non-hydrogen) atoms. The van der Waals surface area contributed by atoms with Crippen molar-refractivity contribution in [3.8, 4) is 11.3 Å². The van der Waals surface area contributed by atoms with Crippen LogP contribution in [0.4, 0.5) is 0 Å². The van der Waals surface area contributed by atoms with Crippen LogP contribution in [0.1, 0.15) is 22.8 Å². The fraction of sp³-hybridized carbons (Fsp3) is 0.158. The maximum Gasteiger partial charge on any atom is 0.255 e. The molecular formula is C19H17NO3. The van der Waals surface area contributed by atoms with Crippen LogP contribution in [-0.2, 0) is 0 Å². The third-order valence-electron chi connectivity index (χ3n) is 3.76. The Morgan fingerprint density at radius 3 is 2.52 bits per heavy atom. The standard InChI is InChI=1S/C19H17NO3/c1-3-20-19(22)15-11-7-10-14-16(21)12(2)17(23-18(14)15)13-8-5-4-6-9-13/h4-11H,3H2,1-2H3,(H,20,22). The van der Waals surface area contributed by atoms with Crippen molar-refractivity contribution in [2.45, 2.75) is 13.8 Å². The molecule has 0 spiro atoms. The predicted molar refractivity (Wildman–Crippen MR) is 90.7 cm³/mol. The van der Waals surface area contributed by atoms with E-state index in [0.29, 0.717) is 34.4 Å². The van der Waals surface area contributed by atoms with Gasteiger partial charge in [-0.05, 0) is 26.0 Å². The van der Waals surface area contributed by atoms with Gasteiger partial charge in [-0.25, -0.2) is 0 Å². The number of fused-ring (bicyclic) bond motifs is 1. The molecule has 1 N–H and O–H groups in total. The molecule has 116 valence electrons. The van der Waals surface area contributed by atoms with Crippen molar-refractivity contribution in [3.63, 3.8) is 0 Å². The molecule has 1 heterocycles. The Morgan fingerprint density at radius 1 is 1.09 bits per heavy atom.